The van der Waals surface area contributed by atoms with Crippen LogP contribution < -0.4 is 40.6 Å². The van der Waals surface area contributed by atoms with Crippen molar-refractivity contribution in [1.29, 1.82) is 0 Å². The Morgan fingerprint density at radius 2 is 0.694 bits per heavy atom. The van der Waals surface area contributed by atoms with Crippen molar-refractivity contribution in [2.75, 3.05) is 49.2 Å². The Morgan fingerprint density at radius 1 is 0.435 bits per heavy atom. The molecule has 0 aliphatic carbocycles. The maximum absolute atomic E-state index is 14.3. The fourth-order valence-corrected chi connectivity index (χ4v) is 18.1. The predicted molar refractivity (Wildman–Crippen MR) is 435 cm³/mol. The zero-order valence-corrected chi connectivity index (χ0v) is 63.9. The van der Waals surface area contributed by atoms with Crippen molar-refractivity contribution in [2.24, 2.45) is 21.5 Å². The number of halogens is 12. The number of ether oxygens (including phenoxy) is 6. The highest BCUT2D eigenvalue weighted by Gasteiger charge is 2.38. The summed E-state index contributed by atoms with van der Waals surface area (Å²) in [6.07, 6.45) is -3.62. The molecule has 4 N–H and O–H groups in total. The number of nitrogens with two attached hydrogens (primary N) is 2. The maximum atomic E-state index is 14.3. The highest BCUT2D eigenvalue weighted by atomic mass is 35.5. The van der Waals surface area contributed by atoms with Gasteiger partial charge in [-0.25, -0.2) is 34.4 Å². The van der Waals surface area contributed by atoms with Gasteiger partial charge >= 0.3 is 0 Å². The Balaban J connectivity index is 0.000000370. The summed E-state index contributed by atoms with van der Waals surface area (Å²) in [5.41, 5.74) is 12.8. The molecule has 0 saturated heterocycles. The fourth-order valence-electron chi connectivity index (χ4n) is 10.4. The third kappa shape index (κ3) is 24.0. The van der Waals surface area contributed by atoms with Crippen molar-refractivity contribution in [2.45, 2.75) is 141 Å². The molecule has 4 aliphatic rings. The van der Waals surface area contributed by atoms with E-state index in [9.17, 15) is 44.6 Å². The SMILES string of the molecule is C.C.C.C.C.C.CC(C)(C)OC([O-])=NCC1CS(=O)(=O)c2cc(F)cc(-c3c(Cl)cccc3Cl)c2O1.CC(C)(C)OC([O-])=NCC1CSc2cc(F)cc(-c3c(Cl)cccc3Cl)c2O1.NCC1CS(=O)(=O)c2cc(F)cc(-c3c(Cl)cccc3Cl)c2O1.NCC1CSc2cc(F)cc(-c3c(Cl)cccc3Cl)c2O1. The molecule has 4 heterocycles. The third-order valence-electron chi connectivity index (χ3n) is 14.6. The van der Waals surface area contributed by atoms with Crippen LogP contribution in [0, 0.1) is 23.3 Å². The van der Waals surface area contributed by atoms with Gasteiger partial charge in [0.2, 0.25) is 0 Å². The molecule has 32 heteroatoms. The highest BCUT2D eigenvalue weighted by Crippen LogP contribution is 2.51. The van der Waals surface area contributed by atoms with Gasteiger partial charge in [-0.3, -0.25) is 9.98 Å². The van der Waals surface area contributed by atoms with Crippen LogP contribution in [0.15, 0.2) is 151 Å². The Kier molecular flexibility index (Phi) is 36.1. The van der Waals surface area contributed by atoms with E-state index >= 15 is 0 Å². The van der Waals surface area contributed by atoms with Gasteiger partial charge in [0.1, 0.15) is 92.6 Å². The van der Waals surface area contributed by atoms with Gasteiger partial charge in [0, 0.05) is 80.3 Å². The van der Waals surface area contributed by atoms with Crippen molar-refractivity contribution >= 4 is 148 Å². The van der Waals surface area contributed by atoms with E-state index in [1.54, 1.807) is 114 Å². The number of sulfone groups is 2. The number of benzene rings is 8. The summed E-state index contributed by atoms with van der Waals surface area (Å²) >= 11 is 52.9. The minimum absolute atomic E-state index is 0. The number of rotatable bonds is 10. The summed E-state index contributed by atoms with van der Waals surface area (Å²) < 4.78 is 140. The Morgan fingerprint density at radius 3 is 1.01 bits per heavy atom. The van der Waals surface area contributed by atoms with Gasteiger partial charge in [-0.15, -0.1) is 23.5 Å². The van der Waals surface area contributed by atoms with E-state index in [-0.39, 0.29) is 146 Å². The van der Waals surface area contributed by atoms with E-state index in [0.717, 1.165) is 29.2 Å². The first-order chi connectivity index (χ1) is 47.9. The largest absolute Gasteiger partial charge is 0.595 e. The molecule has 0 aromatic heterocycles. The summed E-state index contributed by atoms with van der Waals surface area (Å²) in [7, 11) is -7.63. The minimum atomic E-state index is -3.92. The molecule has 8 aromatic carbocycles. The van der Waals surface area contributed by atoms with Crippen LogP contribution in [0.5, 0.6) is 23.0 Å². The fraction of sp³-hybridized carbons (Fsp3) is 0.342. The zero-order chi connectivity index (χ0) is 74.5. The summed E-state index contributed by atoms with van der Waals surface area (Å²) in [5, 5.41) is 26.3. The van der Waals surface area contributed by atoms with Crippen LogP contribution in [0.1, 0.15) is 86.1 Å². The molecular weight excluding hydrogens is 1650 g/mol. The van der Waals surface area contributed by atoms with Crippen LogP contribution in [0.25, 0.3) is 44.5 Å². The Hall–Kier alpha value is -5.94. The molecule has 108 heavy (non-hydrogen) atoms. The topological polar surface area (TPSA) is 247 Å². The number of thioether (sulfide) groups is 2. The van der Waals surface area contributed by atoms with E-state index < -0.39 is 78.5 Å². The smallest absolute Gasteiger partial charge is 0.185 e. The van der Waals surface area contributed by atoms with Crippen LogP contribution in [-0.4, -0.2) is 114 Å². The van der Waals surface area contributed by atoms with Gasteiger partial charge in [0.15, 0.2) is 19.7 Å². The molecule has 0 bridgehead atoms. The number of hydrogen-bond acceptors (Lipinski definition) is 18. The van der Waals surface area contributed by atoms with Crippen LogP contribution in [0.2, 0.25) is 40.2 Å². The molecule has 592 valence electrons. The van der Waals surface area contributed by atoms with E-state index in [1.807, 2.05) is 0 Å². The van der Waals surface area contributed by atoms with Crippen LogP contribution >= 0.6 is 116 Å². The minimum Gasteiger partial charge on any atom is -0.595 e. The monoisotopic (exact) mass is 1730 g/mol. The quantitative estimate of drug-likeness (QED) is 0.0734. The lowest BCUT2D eigenvalue weighted by molar-refractivity contribution is -0.261. The second-order valence-corrected chi connectivity index (χ2v) is 34.2. The lowest BCUT2D eigenvalue weighted by Gasteiger charge is -2.31. The first kappa shape index (κ1) is 96.3. The average Bonchev–Trinajstić information content (AvgIpc) is 0.761. The van der Waals surface area contributed by atoms with Crippen molar-refractivity contribution in [1.82, 2.24) is 0 Å². The molecule has 0 amide bonds. The van der Waals surface area contributed by atoms with Gasteiger partial charge in [-0.2, -0.15) is 0 Å². The molecule has 12 rings (SSSR count). The lowest BCUT2D eigenvalue weighted by Crippen LogP contribution is -2.38. The molecule has 8 aromatic rings. The van der Waals surface area contributed by atoms with E-state index in [4.69, 9.17) is 133 Å². The van der Waals surface area contributed by atoms with Gasteiger partial charge in [0.25, 0.3) is 0 Å². The lowest BCUT2D eigenvalue weighted by atomic mass is 10.0. The molecule has 0 spiro atoms. The normalized spacial score (nSPS) is 17.0. The van der Waals surface area contributed by atoms with Crippen molar-refractivity contribution in [3.05, 3.63) is 185 Å². The third-order valence-corrected chi connectivity index (χ3v) is 23.0. The maximum Gasteiger partial charge on any atom is 0.185 e. The number of nitrogens with zero attached hydrogens (tertiary/aromatic N) is 2. The molecule has 0 saturated carbocycles. The first-order valence-corrected chi connectivity index (χ1v) is 38.9. The summed E-state index contributed by atoms with van der Waals surface area (Å²) in [4.78, 5) is 8.56. The van der Waals surface area contributed by atoms with Crippen LogP contribution in [-0.2, 0) is 29.1 Å². The summed E-state index contributed by atoms with van der Waals surface area (Å²) in [6, 6.07) is 29.5. The molecular formula is C76H86Cl8F4N4O12S4-2. The Labute approximate surface area is 679 Å². The second-order valence-electron chi connectivity index (χ2n) is 24.8. The van der Waals surface area contributed by atoms with Gasteiger partial charge < -0.3 is 50.1 Å². The molecule has 0 radical (unpaired) electrons. The van der Waals surface area contributed by atoms with Crippen LogP contribution in [0.3, 0.4) is 0 Å². The Bertz CT molecular complexity index is 4710. The number of hydrogen-bond donors (Lipinski definition) is 2. The van der Waals surface area contributed by atoms with Crippen molar-refractivity contribution < 1.29 is 73.0 Å². The molecule has 16 nitrogen and oxygen atoms in total. The van der Waals surface area contributed by atoms with Crippen molar-refractivity contribution in [3.8, 4) is 67.5 Å². The highest BCUT2D eigenvalue weighted by molar-refractivity contribution is 7.99. The molecule has 4 aliphatic heterocycles. The first-order valence-electron chi connectivity index (χ1n) is 30.6. The predicted octanol–water partition coefficient (Wildman–Crippen LogP) is 20.8. The van der Waals surface area contributed by atoms with E-state index in [2.05, 4.69) is 9.98 Å². The van der Waals surface area contributed by atoms with Gasteiger partial charge in [-0.1, -0.05) is 203 Å². The average molecular weight is 1740 g/mol. The molecule has 4 atom stereocenters. The summed E-state index contributed by atoms with van der Waals surface area (Å²) in [5.74, 6) is -0.751. The summed E-state index contributed by atoms with van der Waals surface area (Å²) in [6.45, 7) is 10.7. The van der Waals surface area contributed by atoms with Gasteiger partial charge in [-0.05, 0) is 97.1 Å². The molecule has 0 fully saturated rings. The molecule has 4 unspecified atom stereocenters. The van der Waals surface area contributed by atoms with Crippen LogP contribution in [0.4, 0.5) is 17.6 Å². The number of aliphatic imine (C=N–C) groups is 2. The van der Waals surface area contributed by atoms with E-state index in [0.29, 0.717) is 82.4 Å². The van der Waals surface area contributed by atoms with E-state index in [1.165, 1.54) is 47.8 Å². The standard InChI is InChI=1S/C20H20Cl2FNO5S.C20H20Cl2FNO3S.C15H12Cl2FNO3S.C15H12Cl2FNOS.6CH4/c1-20(2,3)29-19(25)24-9-12-10-30(26,27)16-8-11(23)7-13(18(16)28-12)17-14(21)5-4-6-15(17)22;1-20(2,3)27-19(25)24-9-12-10-28-16-8-11(23)7-13(18(16)26-12)17-14(21)5-4-6-15(17)22;16-11-2-1-3-12(17)14(11)10-4-8(18)5-13-15(10)22-9(6-19)7-23(13,20)21;16-11-2-1-3-12(17)14(11)10-4-8(18)5-13-15(10)20-9(6-19)7-21-13;;;;;;/h4-8,12H,9-10H2,1-3H3,(H,24,25);4-8,12H,9-10H2,1-3H3,(H,24,25);1-5,9H,6-7,19H2;1-5,9H,6-7,19H2;6*1H4/p-2. The second kappa shape index (κ2) is 40.5. The van der Waals surface area contributed by atoms with Gasteiger partial charge in [0.05, 0.1) is 74.6 Å². The number of fused-ring (bicyclic) bond motifs is 4. The zero-order valence-electron chi connectivity index (χ0n) is 54.6. The van der Waals surface area contributed by atoms with Crippen molar-refractivity contribution in [3.63, 3.8) is 0 Å².